The summed E-state index contributed by atoms with van der Waals surface area (Å²) < 4.78 is 25.4. The second-order valence-electron chi connectivity index (χ2n) is 22.3. The van der Waals surface area contributed by atoms with Crippen molar-refractivity contribution in [3.63, 3.8) is 0 Å². The Morgan fingerprint density at radius 2 is 0.899 bits per heavy atom. The zero-order chi connectivity index (χ0) is 54.4. The fourth-order valence-electron chi connectivity index (χ4n) is 11.7. The normalized spacial score (nSPS) is 12.1. The van der Waals surface area contributed by atoms with E-state index in [0.29, 0.717) is 39.8 Å². The predicted octanol–water partition coefficient (Wildman–Crippen LogP) is 19.4. The summed E-state index contributed by atoms with van der Waals surface area (Å²) in [6, 6.07) is 60.1. The van der Waals surface area contributed by atoms with Gasteiger partial charge >= 0.3 is 5.78 Å². The summed E-state index contributed by atoms with van der Waals surface area (Å²) >= 11 is 0. The third-order valence-electron chi connectivity index (χ3n) is 15.5. The van der Waals surface area contributed by atoms with Crippen molar-refractivity contribution in [2.24, 2.45) is 0 Å². The van der Waals surface area contributed by atoms with Crippen LogP contribution in [0.2, 0.25) is 0 Å². The minimum Gasteiger partial charge on any atom is -0.457 e. The molecule has 13 aromatic rings. The second kappa shape index (κ2) is 19.4. The molecule has 0 bridgehead atoms. The van der Waals surface area contributed by atoms with E-state index < -0.39 is 0 Å². The maximum Gasteiger partial charge on any atom is 0.301 e. The number of hydrogen-bond donors (Lipinski definition) is 0. The first-order valence-corrected chi connectivity index (χ1v) is 27.6. The highest BCUT2D eigenvalue weighted by atomic mass is 16.5. The van der Waals surface area contributed by atoms with Gasteiger partial charge < -0.3 is 13.6 Å². The molecule has 0 saturated carbocycles. The van der Waals surface area contributed by atoms with Gasteiger partial charge in [-0.3, -0.25) is 9.13 Å². The third kappa shape index (κ3) is 8.47. The zero-order valence-electron chi connectivity index (χ0n) is 46.4. The number of nitrogens with zero attached hydrogens (tertiary/aromatic N) is 6. The molecule has 0 aliphatic carbocycles. The Hall–Kier alpha value is -9.08. The Morgan fingerprint density at radius 3 is 1.44 bits per heavy atom. The molecule has 9 nitrogen and oxygen atoms in total. The van der Waals surface area contributed by atoms with Crippen LogP contribution in [0.3, 0.4) is 0 Å². The monoisotopic (exact) mass is 1030 g/mol. The molecule has 5 aromatic heterocycles. The van der Waals surface area contributed by atoms with E-state index in [2.05, 4.69) is 227 Å². The highest BCUT2D eigenvalue weighted by Gasteiger charge is 2.30. The van der Waals surface area contributed by atoms with Gasteiger partial charge in [0, 0.05) is 10.9 Å². The first-order valence-electron chi connectivity index (χ1n) is 27.6. The summed E-state index contributed by atoms with van der Waals surface area (Å²) in [7, 11) is 0. The molecule has 0 unspecified atom stereocenters. The van der Waals surface area contributed by atoms with Gasteiger partial charge in [0.1, 0.15) is 34.5 Å². The maximum atomic E-state index is 7.20. The summed E-state index contributed by atoms with van der Waals surface area (Å²) in [4.78, 5) is 20.6. The lowest BCUT2D eigenvalue weighted by molar-refractivity contribution is 0.483. The first kappa shape index (κ1) is 49.5. The Balaban J connectivity index is 1.03. The lowest BCUT2D eigenvalue weighted by Crippen LogP contribution is -2.09. The highest BCUT2D eigenvalue weighted by molar-refractivity contribution is 6.19. The average Bonchev–Trinajstić information content (AvgIpc) is 4.34. The number of furan rings is 2. The third-order valence-corrected chi connectivity index (χ3v) is 15.5. The van der Waals surface area contributed by atoms with Gasteiger partial charge in [-0.1, -0.05) is 152 Å². The molecule has 0 aliphatic heterocycles. The fourth-order valence-corrected chi connectivity index (χ4v) is 11.7. The van der Waals surface area contributed by atoms with Crippen LogP contribution in [-0.2, 0) is 0 Å². The van der Waals surface area contributed by atoms with Crippen molar-refractivity contribution in [3.05, 3.63) is 204 Å². The molecular formula is C70H62N6O3. The van der Waals surface area contributed by atoms with Crippen molar-refractivity contribution in [2.75, 3.05) is 0 Å². The van der Waals surface area contributed by atoms with E-state index in [1.807, 2.05) is 26.0 Å². The lowest BCUT2D eigenvalue weighted by Gasteiger charge is -2.24. The number of imidazole rings is 2. The molecule has 0 amide bonds. The molecule has 0 radical (unpaired) electrons. The smallest absolute Gasteiger partial charge is 0.301 e. The van der Waals surface area contributed by atoms with Crippen molar-refractivity contribution in [1.29, 1.82) is 0 Å². The van der Waals surface area contributed by atoms with E-state index in [0.717, 1.165) is 67.0 Å². The fraction of sp³-hybridized carbons (Fsp3) is 0.200. The minimum absolute atomic E-state index is 0.173. The van der Waals surface area contributed by atoms with Gasteiger partial charge in [0.25, 0.3) is 0 Å². The molecule has 0 N–H and O–H groups in total. The molecule has 0 fully saturated rings. The second-order valence-corrected chi connectivity index (χ2v) is 22.3. The quantitative estimate of drug-likeness (QED) is 0.120. The van der Waals surface area contributed by atoms with Crippen LogP contribution in [-0.4, -0.2) is 29.1 Å². The predicted molar refractivity (Wildman–Crippen MR) is 322 cm³/mol. The van der Waals surface area contributed by atoms with E-state index in [9.17, 15) is 0 Å². The number of para-hydroxylation sites is 4. The summed E-state index contributed by atoms with van der Waals surface area (Å²) in [5.41, 5.74) is 20.1. The summed E-state index contributed by atoms with van der Waals surface area (Å²) in [5.74, 6) is 4.60. The van der Waals surface area contributed by atoms with Gasteiger partial charge in [0.05, 0.1) is 50.1 Å². The van der Waals surface area contributed by atoms with Crippen molar-refractivity contribution >= 4 is 55.3 Å². The number of benzene rings is 8. The number of hydrogen-bond acceptors (Lipinski definition) is 7. The van der Waals surface area contributed by atoms with Gasteiger partial charge in [-0.15, -0.1) is 0 Å². The largest absolute Gasteiger partial charge is 0.457 e. The lowest BCUT2D eigenvalue weighted by atomic mass is 9.88. The Kier molecular flexibility index (Phi) is 12.2. The molecule has 13 rings (SSSR count). The highest BCUT2D eigenvalue weighted by Crippen LogP contribution is 2.47. The Bertz CT molecular complexity index is 4440. The maximum absolute atomic E-state index is 7.20. The van der Waals surface area contributed by atoms with Gasteiger partial charge in [0.2, 0.25) is 0 Å². The Labute approximate surface area is 460 Å². The Morgan fingerprint density at radius 1 is 0.418 bits per heavy atom. The molecular weight excluding hydrogens is 973 g/mol. The SMILES string of the molecule is Cc1nc(C)c2oc3oc4c(-c5nc6ccccc6n5-c5c(C(C)C)cc(-c6ccccc6)cc5C(C)C)cc(Oc5cccc(-c6nc7ccccc7n6-c6c(C(C)C)cc(-c7ccccc7)cc6C(C)C)c5)cc4c3c2n1. The van der Waals surface area contributed by atoms with Gasteiger partial charge in [-0.25, -0.2) is 19.9 Å². The van der Waals surface area contributed by atoms with E-state index in [1.165, 1.54) is 50.2 Å². The molecule has 9 heteroatoms. The minimum atomic E-state index is 0.173. The van der Waals surface area contributed by atoms with Crippen LogP contribution in [0.4, 0.5) is 0 Å². The summed E-state index contributed by atoms with van der Waals surface area (Å²) in [6.07, 6.45) is 0. The van der Waals surface area contributed by atoms with E-state index in [4.69, 9.17) is 28.5 Å². The van der Waals surface area contributed by atoms with E-state index >= 15 is 0 Å². The van der Waals surface area contributed by atoms with E-state index in [1.54, 1.807) is 0 Å². The molecule has 390 valence electrons. The zero-order valence-corrected chi connectivity index (χ0v) is 46.4. The molecule has 0 atom stereocenters. The first-order chi connectivity index (χ1) is 38.3. The topological polar surface area (TPSA) is 96.9 Å². The summed E-state index contributed by atoms with van der Waals surface area (Å²) in [6.45, 7) is 22.1. The van der Waals surface area contributed by atoms with Gasteiger partial charge in [0.15, 0.2) is 11.2 Å². The molecule has 5 heterocycles. The van der Waals surface area contributed by atoms with E-state index in [-0.39, 0.29) is 23.7 Å². The van der Waals surface area contributed by atoms with Crippen LogP contribution in [0, 0.1) is 13.8 Å². The van der Waals surface area contributed by atoms with Crippen LogP contribution in [0.5, 0.6) is 11.5 Å². The van der Waals surface area contributed by atoms with Crippen molar-refractivity contribution < 1.29 is 13.6 Å². The van der Waals surface area contributed by atoms with Crippen LogP contribution in [0.25, 0.3) is 112 Å². The van der Waals surface area contributed by atoms with Crippen LogP contribution < -0.4 is 4.74 Å². The van der Waals surface area contributed by atoms with Gasteiger partial charge in [-0.05, 0) is 155 Å². The standard InChI is InChI=1S/C70H62N6O3/c1-39(2)52-33-48(45-22-13-11-14-23-45)34-53(40(3)4)64(52)75-60-30-19-17-28-58(60)73-68(75)47-26-21-27-50(32-47)77-51-37-56-62-63-66(43(9)71-44(10)72-63)78-70(62)79-67(56)57(38-51)69-74-59-29-18-20-31-61(59)76(69)65-54(41(5)6)35-49(36-55(65)42(7)8)46-24-15-12-16-25-46/h11-42H,1-10H3. The number of aromatic nitrogens is 6. The molecule has 0 spiro atoms. The van der Waals surface area contributed by atoms with Crippen LogP contribution in [0.15, 0.2) is 179 Å². The average molecular weight is 1040 g/mol. The number of fused-ring (bicyclic) bond motifs is 7. The number of aryl methyl sites for hydroxylation is 2. The molecule has 8 aromatic carbocycles. The van der Waals surface area contributed by atoms with Crippen molar-refractivity contribution in [1.82, 2.24) is 29.1 Å². The number of ether oxygens (including phenoxy) is 1. The van der Waals surface area contributed by atoms with Gasteiger partial charge in [-0.2, -0.15) is 0 Å². The van der Waals surface area contributed by atoms with Crippen molar-refractivity contribution in [2.45, 2.75) is 92.9 Å². The molecule has 0 aliphatic rings. The molecule has 79 heavy (non-hydrogen) atoms. The molecule has 0 saturated heterocycles. The number of rotatable bonds is 12. The van der Waals surface area contributed by atoms with Crippen LogP contribution in [0.1, 0.15) is 113 Å². The van der Waals surface area contributed by atoms with Crippen LogP contribution >= 0.6 is 0 Å². The van der Waals surface area contributed by atoms with Crippen molar-refractivity contribution in [3.8, 4) is 67.9 Å². The summed E-state index contributed by atoms with van der Waals surface area (Å²) in [5, 5.41) is 1.55.